The molecular weight excluding hydrogens is 535 g/mol. The molecule has 4 rings (SSSR count). The van der Waals surface area contributed by atoms with E-state index in [1.165, 1.54) is 24.5 Å². The first-order valence-corrected chi connectivity index (χ1v) is 13.3. The van der Waals surface area contributed by atoms with Gasteiger partial charge in [-0.3, -0.25) is 9.59 Å². The topological polar surface area (TPSA) is 80.3 Å². The normalized spacial score (nSPS) is 17.5. The van der Waals surface area contributed by atoms with E-state index in [0.717, 1.165) is 42.8 Å². The number of anilines is 1. The third kappa shape index (κ3) is 6.76. The van der Waals surface area contributed by atoms with Crippen molar-refractivity contribution in [2.45, 2.75) is 37.8 Å². The molecule has 0 atom stereocenters. The number of thiazole rings is 1. The standard InChI is InChI=1S/C27H26F3N3O3S2/c1-36-23(34)14-31-25(37)16-9-11-17(12-10-16)26-33-22(15-38-26)24(35)32-21-8-3-2-7-20(21)18-5-4-6-19(13-18)27(28,29)30/h2-8,13,15-17H,9-12,14H2,1H3,(H,31,37)(H,32,35). The number of nitrogens with zero attached hydrogens (tertiary/aromatic N) is 1. The van der Waals surface area contributed by atoms with Gasteiger partial charge in [0, 0.05) is 28.5 Å². The van der Waals surface area contributed by atoms with Gasteiger partial charge in [0.25, 0.3) is 5.91 Å². The van der Waals surface area contributed by atoms with Gasteiger partial charge in [0.05, 0.1) is 22.7 Å². The van der Waals surface area contributed by atoms with Gasteiger partial charge in [-0.25, -0.2) is 4.98 Å². The van der Waals surface area contributed by atoms with Gasteiger partial charge in [0.2, 0.25) is 0 Å². The van der Waals surface area contributed by atoms with Gasteiger partial charge < -0.3 is 15.4 Å². The zero-order chi connectivity index (χ0) is 27.3. The van der Waals surface area contributed by atoms with Crippen LogP contribution < -0.4 is 10.6 Å². The number of aromatic nitrogens is 1. The number of thiocarbonyl (C=S) groups is 1. The number of alkyl halides is 3. The molecule has 2 aromatic carbocycles. The molecular formula is C27H26F3N3O3S2. The summed E-state index contributed by atoms with van der Waals surface area (Å²) >= 11 is 6.85. The van der Waals surface area contributed by atoms with Crippen molar-refractivity contribution >= 4 is 46.1 Å². The van der Waals surface area contributed by atoms with E-state index in [0.29, 0.717) is 21.8 Å². The van der Waals surface area contributed by atoms with E-state index in [-0.39, 0.29) is 30.0 Å². The van der Waals surface area contributed by atoms with Crippen LogP contribution in [0.3, 0.4) is 0 Å². The van der Waals surface area contributed by atoms with Crippen LogP contribution in [0.15, 0.2) is 53.9 Å². The Morgan fingerprint density at radius 2 is 1.84 bits per heavy atom. The van der Waals surface area contributed by atoms with E-state index in [4.69, 9.17) is 12.2 Å². The maximum Gasteiger partial charge on any atom is 0.416 e. The Labute approximate surface area is 227 Å². The molecule has 200 valence electrons. The van der Waals surface area contributed by atoms with Crippen molar-refractivity contribution in [3.8, 4) is 11.1 Å². The van der Waals surface area contributed by atoms with Gasteiger partial charge in [-0.1, -0.05) is 42.5 Å². The Bertz CT molecular complexity index is 1320. The van der Waals surface area contributed by atoms with Gasteiger partial charge in [-0.2, -0.15) is 13.2 Å². The van der Waals surface area contributed by atoms with Crippen LogP contribution in [-0.4, -0.2) is 35.5 Å². The first-order valence-electron chi connectivity index (χ1n) is 12.0. The summed E-state index contributed by atoms with van der Waals surface area (Å²) in [4.78, 5) is 29.6. The van der Waals surface area contributed by atoms with Gasteiger partial charge in [0.15, 0.2) is 0 Å². The number of para-hydroxylation sites is 1. The van der Waals surface area contributed by atoms with E-state index < -0.39 is 17.6 Å². The fourth-order valence-electron chi connectivity index (χ4n) is 4.45. The van der Waals surface area contributed by atoms with Crippen molar-refractivity contribution in [1.29, 1.82) is 0 Å². The number of carbonyl (C=O) groups is 2. The summed E-state index contributed by atoms with van der Waals surface area (Å²) in [7, 11) is 1.33. The van der Waals surface area contributed by atoms with Crippen molar-refractivity contribution in [3.05, 3.63) is 70.2 Å². The molecule has 38 heavy (non-hydrogen) atoms. The molecule has 6 nitrogen and oxygen atoms in total. The highest BCUT2D eigenvalue weighted by Crippen LogP contribution is 2.38. The molecule has 1 saturated carbocycles. The quantitative estimate of drug-likeness (QED) is 0.255. The molecule has 0 spiro atoms. The van der Waals surface area contributed by atoms with Crippen LogP contribution in [0.2, 0.25) is 0 Å². The second kappa shape index (κ2) is 12.0. The predicted molar refractivity (Wildman–Crippen MR) is 144 cm³/mol. The Morgan fingerprint density at radius 3 is 2.55 bits per heavy atom. The molecule has 1 aliphatic rings. The van der Waals surface area contributed by atoms with Crippen molar-refractivity contribution in [1.82, 2.24) is 10.3 Å². The summed E-state index contributed by atoms with van der Waals surface area (Å²) in [6.45, 7) is 0.0527. The fraction of sp³-hybridized carbons (Fsp3) is 0.333. The maximum absolute atomic E-state index is 13.2. The van der Waals surface area contributed by atoms with E-state index in [1.54, 1.807) is 35.7 Å². The first-order chi connectivity index (χ1) is 18.2. The molecule has 1 amide bonds. The van der Waals surface area contributed by atoms with Crippen molar-refractivity contribution in [2.75, 3.05) is 19.0 Å². The third-order valence-electron chi connectivity index (χ3n) is 6.51. The number of hydrogen-bond acceptors (Lipinski definition) is 6. The van der Waals surface area contributed by atoms with Gasteiger partial charge in [-0.15, -0.1) is 11.3 Å². The number of amides is 1. The summed E-state index contributed by atoms with van der Waals surface area (Å²) in [5.74, 6) is -0.402. The summed E-state index contributed by atoms with van der Waals surface area (Å²) in [6.07, 6.45) is -1.05. The number of nitrogens with one attached hydrogen (secondary N) is 2. The minimum Gasteiger partial charge on any atom is -0.468 e. The van der Waals surface area contributed by atoms with Crippen molar-refractivity contribution < 1.29 is 27.5 Å². The number of benzene rings is 2. The van der Waals surface area contributed by atoms with E-state index in [9.17, 15) is 22.8 Å². The lowest BCUT2D eigenvalue weighted by Gasteiger charge is -2.28. The smallest absolute Gasteiger partial charge is 0.416 e. The number of carbonyl (C=O) groups excluding carboxylic acids is 2. The molecule has 0 radical (unpaired) electrons. The minimum atomic E-state index is -4.46. The maximum atomic E-state index is 13.2. The summed E-state index contributed by atoms with van der Waals surface area (Å²) < 4.78 is 44.2. The Balaban J connectivity index is 1.39. The van der Waals surface area contributed by atoms with Crippen LogP contribution in [0.25, 0.3) is 11.1 Å². The number of rotatable bonds is 7. The van der Waals surface area contributed by atoms with Gasteiger partial charge in [0.1, 0.15) is 12.2 Å². The monoisotopic (exact) mass is 561 g/mol. The van der Waals surface area contributed by atoms with Crippen molar-refractivity contribution in [3.63, 3.8) is 0 Å². The number of halogens is 3. The Hall–Kier alpha value is -3.31. The minimum absolute atomic E-state index is 0.0527. The summed E-state index contributed by atoms with van der Waals surface area (Å²) in [6, 6.07) is 11.7. The lowest BCUT2D eigenvalue weighted by Crippen LogP contribution is -2.35. The lowest BCUT2D eigenvalue weighted by atomic mass is 9.82. The molecule has 0 bridgehead atoms. The van der Waals surface area contributed by atoms with Crippen LogP contribution in [0.5, 0.6) is 0 Å². The van der Waals surface area contributed by atoms with Gasteiger partial charge in [-0.05, 0) is 49.4 Å². The molecule has 1 aromatic heterocycles. The molecule has 1 aliphatic carbocycles. The predicted octanol–water partition coefficient (Wildman–Crippen LogP) is 6.45. The van der Waals surface area contributed by atoms with E-state index >= 15 is 0 Å². The lowest BCUT2D eigenvalue weighted by molar-refractivity contribution is -0.139. The van der Waals surface area contributed by atoms with Crippen molar-refractivity contribution in [2.24, 2.45) is 5.92 Å². The van der Waals surface area contributed by atoms with Crippen LogP contribution in [0.1, 0.15) is 52.7 Å². The molecule has 0 unspecified atom stereocenters. The summed E-state index contributed by atoms with van der Waals surface area (Å²) in [5, 5.41) is 8.34. The average molecular weight is 562 g/mol. The van der Waals surface area contributed by atoms with E-state index in [2.05, 4.69) is 20.4 Å². The molecule has 11 heteroatoms. The fourth-order valence-corrected chi connectivity index (χ4v) is 5.73. The second-order valence-corrected chi connectivity index (χ2v) is 10.3. The molecule has 2 N–H and O–H groups in total. The number of ether oxygens (including phenoxy) is 1. The van der Waals surface area contributed by atoms with Crippen LogP contribution in [0.4, 0.5) is 18.9 Å². The zero-order valence-electron chi connectivity index (χ0n) is 20.5. The summed E-state index contributed by atoms with van der Waals surface area (Å²) in [5.41, 5.74) is 0.749. The van der Waals surface area contributed by atoms with Crippen LogP contribution in [-0.2, 0) is 15.7 Å². The highest BCUT2D eigenvalue weighted by molar-refractivity contribution is 7.80. The Morgan fingerprint density at radius 1 is 1.11 bits per heavy atom. The largest absolute Gasteiger partial charge is 0.468 e. The SMILES string of the molecule is COC(=O)CNC(=S)C1CCC(c2nc(C(=O)Nc3ccccc3-c3cccc(C(F)(F)F)c3)cs2)CC1. The average Bonchev–Trinajstić information content (AvgIpc) is 3.42. The van der Waals surface area contributed by atoms with Gasteiger partial charge >= 0.3 is 12.1 Å². The molecule has 0 saturated heterocycles. The highest BCUT2D eigenvalue weighted by atomic mass is 32.1. The molecule has 3 aromatic rings. The van der Waals surface area contributed by atoms with Crippen LogP contribution >= 0.6 is 23.6 Å². The highest BCUT2D eigenvalue weighted by Gasteiger charge is 2.31. The molecule has 1 heterocycles. The number of methoxy groups -OCH3 is 1. The first kappa shape index (κ1) is 27.7. The molecule has 0 aliphatic heterocycles. The van der Waals surface area contributed by atoms with Crippen LogP contribution in [0, 0.1) is 5.92 Å². The zero-order valence-corrected chi connectivity index (χ0v) is 22.1. The number of hydrogen-bond donors (Lipinski definition) is 2. The third-order valence-corrected chi connectivity index (χ3v) is 8.00. The Kier molecular flexibility index (Phi) is 8.78. The molecule has 1 fully saturated rings. The number of esters is 1. The van der Waals surface area contributed by atoms with E-state index in [1.807, 2.05) is 0 Å². The second-order valence-electron chi connectivity index (χ2n) is 8.99.